The minimum Gasteiger partial charge on any atom is -0.321 e. The number of aromatic amines is 1. The topological polar surface area (TPSA) is 32.9 Å². The van der Waals surface area contributed by atoms with Gasteiger partial charge in [0.1, 0.15) is 4.70 Å². The van der Waals surface area contributed by atoms with Gasteiger partial charge in [0.15, 0.2) is 0 Å². The molecular formula is C19H15NOS. The summed E-state index contributed by atoms with van der Waals surface area (Å²) in [5.41, 5.74) is 3.38. The van der Waals surface area contributed by atoms with E-state index in [1.807, 2.05) is 36.4 Å². The molecule has 22 heavy (non-hydrogen) atoms. The van der Waals surface area contributed by atoms with E-state index >= 15 is 0 Å². The number of nitrogens with one attached hydrogen (secondary N) is 1. The van der Waals surface area contributed by atoms with E-state index in [1.54, 1.807) is 11.3 Å². The quantitative estimate of drug-likeness (QED) is 0.557. The molecule has 0 radical (unpaired) electrons. The Morgan fingerprint density at radius 3 is 2.50 bits per heavy atom. The van der Waals surface area contributed by atoms with Crippen molar-refractivity contribution in [2.24, 2.45) is 0 Å². The van der Waals surface area contributed by atoms with E-state index in [-0.39, 0.29) is 5.56 Å². The lowest BCUT2D eigenvalue weighted by molar-refractivity contribution is 1.17. The molecule has 0 saturated carbocycles. The van der Waals surface area contributed by atoms with Crippen LogP contribution in [0.15, 0.2) is 59.4 Å². The zero-order valence-electron chi connectivity index (χ0n) is 12.2. The van der Waals surface area contributed by atoms with Crippen molar-refractivity contribution < 1.29 is 0 Å². The summed E-state index contributed by atoms with van der Waals surface area (Å²) >= 11 is 1.60. The first-order valence-corrected chi connectivity index (χ1v) is 8.23. The molecule has 3 heteroatoms. The van der Waals surface area contributed by atoms with Crippen LogP contribution in [0.1, 0.15) is 12.5 Å². The summed E-state index contributed by atoms with van der Waals surface area (Å²) in [5.74, 6) is 0. The summed E-state index contributed by atoms with van der Waals surface area (Å²) in [6.45, 7) is 2.16. The molecule has 0 aliphatic rings. The smallest absolute Gasteiger partial charge is 0.266 e. The molecule has 0 unspecified atom stereocenters. The number of fused-ring (bicyclic) bond motifs is 3. The first-order valence-electron chi connectivity index (χ1n) is 7.41. The van der Waals surface area contributed by atoms with Crippen LogP contribution in [0.2, 0.25) is 0 Å². The number of hydrogen-bond acceptors (Lipinski definition) is 2. The summed E-state index contributed by atoms with van der Waals surface area (Å²) in [4.78, 5) is 16.7. The first-order chi connectivity index (χ1) is 10.8. The van der Waals surface area contributed by atoms with Crippen LogP contribution < -0.4 is 5.56 Å². The van der Waals surface area contributed by atoms with E-state index in [9.17, 15) is 4.79 Å². The van der Waals surface area contributed by atoms with Crippen LogP contribution in [-0.4, -0.2) is 4.98 Å². The molecule has 2 aromatic carbocycles. The third kappa shape index (κ3) is 1.90. The highest BCUT2D eigenvalue weighted by molar-refractivity contribution is 7.22. The number of pyridine rings is 1. The van der Waals surface area contributed by atoms with Gasteiger partial charge < -0.3 is 4.98 Å². The number of hydrogen-bond donors (Lipinski definition) is 1. The van der Waals surface area contributed by atoms with Gasteiger partial charge in [0.05, 0.1) is 0 Å². The molecule has 0 saturated heterocycles. The predicted molar refractivity (Wildman–Crippen MR) is 94.8 cm³/mol. The van der Waals surface area contributed by atoms with Gasteiger partial charge in [-0.15, -0.1) is 11.3 Å². The van der Waals surface area contributed by atoms with E-state index in [0.29, 0.717) is 0 Å². The fraction of sp³-hybridized carbons (Fsp3) is 0.105. The molecule has 0 aliphatic heterocycles. The van der Waals surface area contributed by atoms with Crippen molar-refractivity contribution in [1.29, 1.82) is 0 Å². The van der Waals surface area contributed by atoms with Crippen molar-refractivity contribution in [2.75, 3.05) is 0 Å². The van der Waals surface area contributed by atoms with Crippen LogP contribution in [0.3, 0.4) is 0 Å². The van der Waals surface area contributed by atoms with Gasteiger partial charge in [0.25, 0.3) is 5.56 Å². The lowest BCUT2D eigenvalue weighted by Crippen LogP contribution is -2.04. The number of benzene rings is 2. The van der Waals surface area contributed by atoms with E-state index in [4.69, 9.17) is 0 Å². The third-order valence-corrected chi connectivity index (χ3v) is 5.33. The Morgan fingerprint density at radius 2 is 1.73 bits per heavy atom. The molecule has 4 rings (SSSR count). The Labute approximate surface area is 132 Å². The molecule has 2 nitrogen and oxygen atoms in total. The Balaban J connectivity index is 2.20. The van der Waals surface area contributed by atoms with E-state index in [0.717, 1.165) is 27.4 Å². The maximum atomic E-state index is 12.5. The fourth-order valence-electron chi connectivity index (χ4n) is 3.06. The standard InChI is InChI=1S/C19H15NOS/c1-2-13-16-14-10-6-7-11-15(14)20-19(21)18(16)22-17(13)12-8-4-3-5-9-12/h3-11H,2H2,1H3,(H,20,21). The Kier molecular flexibility index (Phi) is 3.09. The largest absolute Gasteiger partial charge is 0.321 e. The molecule has 0 aliphatic carbocycles. The Morgan fingerprint density at radius 1 is 1.00 bits per heavy atom. The molecule has 0 spiro atoms. The van der Waals surface area contributed by atoms with E-state index in [2.05, 4.69) is 30.1 Å². The second kappa shape index (κ2) is 5.11. The number of thiophene rings is 1. The SMILES string of the molecule is CCc1c(-c2ccccc2)sc2c(=O)[nH]c3ccccc3c12. The average Bonchev–Trinajstić information content (AvgIpc) is 2.96. The van der Waals surface area contributed by atoms with Crippen molar-refractivity contribution in [3.63, 3.8) is 0 Å². The van der Waals surface area contributed by atoms with Crippen molar-refractivity contribution in [2.45, 2.75) is 13.3 Å². The number of rotatable bonds is 2. The average molecular weight is 305 g/mol. The highest BCUT2D eigenvalue weighted by Gasteiger charge is 2.17. The van der Waals surface area contributed by atoms with Gasteiger partial charge in [0, 0.05) is 21.2 Å². The fourth-order valence-corrected chi connectivity index (χ4v) is 4.37. The number of aromatic nitrogens is 1. The van der Waals surface area contributed by atoms with Crippen molar-refractivity contribution in [3.8, 4) is 10.4 Å². The van der Waals surface area contributed by atoms with Gasteiger partial charge in [-0.2, -0.15) is 0 Å². The van der Waals surface area contributed by atoms with Crippen LogP contribution in [0.4, 0.5) is 0 Å². The molecule has 1 N–H and O–H groups in total. The Hall–Kier alpha value is -2.39. The molecule has 2 heterocycles. The van der Waals surface area contributed by atoms with Gasteiger partial charge in [-0.25, -0.2) is 0 Å². The van der Waals surface area contributed by atoms with Crippen LogP contribution >= 0.6 is 11.3 Å². The zero-order valence-corrected chi connectivity index (χ0v) is 13.0. The summed E-state index contributed by atoms with van der Waals surface area (Å²) in [6.07, 6.45) is 0.914. The molecular weight excluding hydrogens is 290 g/mol. The Bertz CT molecular complexity index is 1030. The lowest BCUT2D eigenvalue weighted by Gasteiger charge is -2.04. The third-order valence-electron chi connectivity index (χ3n) is 4.05. The maximum absolute atomic E-state index is 12.5. The lowest BCUT2D eigenvalue weighted by atomic mass is 10.0. The molecule has 4 aromatic rings. The van der Waals surface area contributed by atoms with Crippen LogP contribution in [0, 0.1) is 0 Å². The first kappa shape index (κ1) is 13.3. The second-order valence-corrected chi connectivity index (χ2v) is 6.35. The summed E-state index contributed by atoms with van der Waals surface area (Å²) in [5, 5.41) is 2.25. The molecule has 0 amide bonds. The second-order valence-electron chi connectivity index (χ2n) is 5.33. The summed E-state index contributed by atoms with van der Waals surface area (Å²) in [7, 11) is 0. The van der Waals surface area contributed by atoms with E-state index in [1.165, 1.54) is 16.0 Å². The van der Waals surface area contributed by atoms with Crippen LogP contribution in [0.5, 0.6) is 0 Å². The van der Waals surface area contributed by atoms with Crippen molar-refractivity contribution in [1.82, 2.24) is 4.98 Å². The molecule has 0 fully saturated rings. The van der Waals surface area contributed by atoms with Gasteiger partial charge in [-0.05, 0) is 23.6 Å². The van der Waals surface area contributed by atoms with Crippen LogP contribution in [0.25, 0.3) is 31.4 Å². The number of H-pyrrole nitrogens is 1. The van der Waals surface area contributed by atoms with Crippen LogP contribution in [-0.2, 0) is 6.42 Å². The van der Waals surface area contributed by atoms with Gasteiger partial charge in [-0.1, -0.05) is 55.5 Å². The zero-order chi connectivity index (χ0) is 15.1. The van der Waals surface area contributed by atoms with Crippen molar-refractivity contribution in [3.05, 3.63) is 70.5 Å². The monoisotopic (exact) mass is 305 g/mol. The van der Waals surface area contributed by atoms with Gasteiger partial charge >= 0.3 is 0 Å². The highest BCUT2D eigenvalue weighted by Crippen LogP contribution is 2.40. The maximum Gasteiger partial charge on any atom is 0.266 e. The number of para-hydroxylation sites is 1. The molecule has 0 bridgehead atoms. The van der Waals surface area contributed by atoms with Gasteiger partial charge in [-0.3, -0.25) is 4.79 Å². The molecule has 108 valence electrons. The molecule has 0 atom stereocenters. The molecule has 2 aromatic heterocycles. The van der Waals surface area contributed by atoms with E-state index < -0.39 is 0 Å². The minimum absolute atomic E-state index is 0.00980. The predicted octanol–water partition coefficient (Wildman–Crippen LogP) is 4.97. The van der Waals surface area contributed by atoms with Gasteiger partial charge in [0.2, 0.25) is 0 Å². The minimum atomic E-state index is 0.00980. The highest BCUT2D eigenvalue weighted by atomic mass is 32.1. The normalized spacial score (nSPS) is 11.3. The summed E-state index contributed by atoms with van der Waals surface area (Å²) < 4.78 is 0.828. The van der Waals surface area contributed by atoms with Crippen molar-refractivity contribution >= 4 is 32.3 Å². The summed E-state index contributed by atoms with van der Waals surface area (Å²) in [6, 6.07) is 18.4. The number of aryl methyl sites for hydroxylation is 1.